The summed E-state index contributed by atoms with van der Waals surface area (Å²) in [7, 11) is 3.27. The van der Waals surface area contributed by atoms with Gasteiger partial charge in [0.2, 0.25) is 5.91 Å². The molecule has 502 valence electrons. The van der Waals surface area contributed by atoms with Crippen LogP contribution in [0.1, 0.15) is 193 Å². The van der Waals surface area contributed by atoms with Crippen LogP contribution in [0.4, 0.5) is 0 Å². The maximum atomic E-state index is 14.7. The maximum absolute atomic E-state index is 14.7. The zero-order chi connectivity index (χ0) is 66.1. The van der Waals surface area contributed by atoms with Gasteiger partial charge in [0.25, 0.3) is 0 Å². The normalized spacial score (nSPS) is 33.8. The number of benzene rings is 3. The topological polar surface area (TPSA) is 197 Å². The summed E-state index contributed by atoms with van der Waals surface area (Å²) in [5.74, 6) is -3.27. The lowest BCUT2D eigenvalue weighted by Crippen LogP contribution is -2.60. The quantitative estimate of drug-likeness (QED) is 0.0362. The van der Waals surface area contributed by atoms with Crippen molar-refractivity contribution in [2.24, 2.45) is 17.8 Å². The van der Waals surface area contributed by atoms with Crippen molar-refractivity contribution in [1.29, 1.82) is 0 Å². The molecule has 15 nitrogen and oxygen atoms in total. The molecule has 6 rings (SSSR count). The Morgan fingerprint density at radius 2 is 1.17 bits per heavy atom. The standard InChI is InChI=1S/C73H118N2O13P/c1-20-61-73(16,82)66(78)55(12)75(62(76)30-28-26-24-22-21-23-25-27-29-31-89(57-35-45(2)32-46(3)36-57,58-37-47(4)33-48(5)38-58)59-39-49(6)34-50(7)40-59)44-51(8)42-71(14,81)68(88-70-64(77)60(74(17)18)41-52(9)84-70)53(10)65(54(11)69(80)86-61)87-63-43-72(15,83-19)67(79)56(13)85-63/h32-40,51-56,60-61,63-68,70,77-79,81-82H,20-31,41-44H2,1-19H3/q+1/t51-,52-,53+,54-,55-,56+,60+,61-,63+,64-,65+,66-,67+,68-,70+,71-,72-,73-/m1/s1. The number of hydrogen-bond donors (Lipinski definition) is 5. The van der Waals surface area contributed by atoms with Crippen molar-refractivity contribution in [3.05, 3.63) is 88.0 Å². The fourth-order valence-electron chi connectivity index (χ4n) is 15.2. The second kappa shape index (κ2) is 32.1. The van der Waals surface area contributed by atoms with Crippen LogP contribution in [-0.2, 0) is 38.0 Å². The fraction of sp³-hybridized carbons (Fsp3) is 0.726. The zero-order valence-corrected chi connectivity index (χ0v) is 58.9. The minimum absolute atomic E-state index is 0.0716. The summed E-state index contributed by atoms with van der Waals surface area (Å²) < 4.78 is 38.4. The van der Waals surface area contributed by atoms with Gasteiger partial charge in [0.15, 0.2) is 12.6 Å². The van der Waals surface area contributed by atoms with Crippen LogP contribution in [-0.4, -0.2) is 171 Å². The lowest BCUT2D eigenvalue weighted by molar-refractivity contribution is -0.318. The van der Waals surface area contributed by atoms with Crippen LogP contribution >= 0.6 is 7.26 Å². The van der Waals surface area contributed by atoms with Gasteiger partial charge in [-0.2, -0.15) is 0 Å². The maximum Gasteiger partial charge on any atom is 0.311 e. The van der Waals surface area contributed by atoms with Crippen LogP contribution in [0.25, 0.3) is 0 Å². The Hall–Kier alpha value is -3.41. The summed E-state index contributed by atoms with van der Waals surface area (Å²) >= 11 is 0. The summed E-state index contributed by atoms with van der Waals surface area (Å²) in [5.41, 5.74) is 3.02. The Labute approximate surface area is 536 Å². The minimum Gasteiger partial charge on any atom is -0.459 e. The van der Waals surface area contributed by atoms with E-state index in [1.807, 2.05) is 39.8 Å². The smallest absolute Gasteiger partial charge is 0.311 e. The van der Waals surface area contributed by atoms with Crippen molar-refractivity contribution in [3.63, 3.8) is 0 Å². The molecule has 0 aromatic heterocycles. The van der Waals surface area contributed by atoms with Crippen molar-refractivity contribution in [1.82, 2.24) is 9.80 Å². The van der Waals surface area contributed by atoms with Crippen LogP contribution in [0.3, 0.4) is 0 Å². The zero-order valence-electron chi connectivity index (χ0n) is 58.0. The first-order chi connectivity index (χ1) is 41.7. The number of aryl methyl sites for hydroxylation is 6. The highest BCUT2D eigenvalue weighted by molar-refractivity contribution is 7.95. The Bertz CT molecular complexity index is 2570. The van der Waals surface area contributed by atoms with Gasteiger partial charge in [-0.3, -0.25) is 9.59 Å². The van der Waals surface area contributed by atoms with E-state index in [0.29, 0.717) is 12.8 Å². The van der Waals surface area contributed by atoms with E-state index in [-0.39, 0.29) is 50.3 Å². The molecular formula is C73H118N2O13P+. The van der Waals surface area contributed by atoms with Gasteiger partial charge >= 0.3 is 5.97 Å². The van der Waals surface area contributed by atoms with Gasteiger partial charge in [0.1, 0.15) is 53.2 Å². The van der Waals surface area contributed by atoms with Crippen molar-refractivity contribution in [3.8, 4) is 0 Å². The van der Waals surface area contributed by atoms with Crippen LogP contribution < -0.4 is 15.9 Å². The second-order valence-electron chi connectivity index (χ2n) is 28.8. The Balaban J connectivity index is 1.16. The molecule has 1 amide bonds. The highest BCUT2D eigenvalue weighted by atomic mass is 31.2. The van der Waals surface area contributed by atoms with Crippen molar-refractivity contribution in [2.45, 2.75) is 291 Å². The number of unbranched alkanes of at least 4 members (excludes halogenated alkanes) is 8. The molecule has 0 spiro atoms. The first-order valence-electron chi connectivity index (χ1n) is 33.7. The molecule has 0 aliphatic carbocycles. The summed E-state index contributed by atoms with van der Waals surface area (Å²) in [5, 5.41) is 65.2. The summed E-state index contributed by atoms with van der Waals surface area (Å²) in [6, 6.07) is 20.3. The van der Waals surface area contributed by atoms with E-state index in [1.165, 1.54) is 63.3 Å². The van der Waals surface area contributed by atoms with Crippen LogP contribution in [0, 0.1) is 59.3 Å². The molecule has 3 fully saturated rings. The number of cyclic esters (lactones) is 1. The van der Waals surface area contributed by atoms with Crippen LogP contribution in [0.5, 0.6) is 0 Å². The monoisotopic (exact) mass is 1260 g/mol. The number of carbonyl (C=O) groups is 2. The third-order valence-corrected chi connectivity index (χ3v) is 24.5. The van der Waals surface area contributed by atoms with Gasteiger partial charge in [0.05, 0.1) is 53.7 Å². The van der Waals surface area contributed by atoms with Gasteiger partial charge in [-0.25, -0.2) is 0 Å². The molecule has 3 aromatic rings. The van der Waals surface area contributed by atoms with Crippen molar-refractivity contribution in [2.75, 3.05) is 33.9 Å². The van der Waals surface area contributed by atoms with Crippen LogP contribution in [0.15, 0.2) is 54.6 Å². The first kappa shape index (κ1) is 74.6. The molecule has 3 aliphatic rings. The van der Waals surface area contributed by atoms with E-state index in [9.17, 15) is 35.1 Å². The number of esters is 1. The number of ether oxygens (including phenoxy) is 6. The fourth-order valence-corrected chi connectivity index (χ4v) is 20.1. The van der Waals surface area contributed by atoms with Crippen LogP contribution in [0.2, 0.25) is 0 Å². The summed E-state index contributed by atoms with van der Waals surface area (Å²) in [6.45, 7) is 30.9. The third-order valence-electron chi connectivity index (χ3n) is 20.1. The largest absolute Gasteiger partial charge is 0.459 e. The number of amides is 1. The van der Waals surface area contributed by atoms with Gasteiger partial charge < -0.3 is 63.8 Å². The van der Waals surface area contributed by atoms with Crippen molar-refractivity contribution < 1.29 is 63.5 Å². The predicted molar refractivity (Wildman–Crippen MR) is 358 cm³/mol. The molecule has 0 unspecified atom stereocenters. The van der Waals surface area contributed by atoms with Gasteiger partial charge in [-0.1, -0.05) is 77.5 Å². The molecule has 5 N–H and O–H groups in total. The second-order valence-corrected chi connectivity index (χ2v) is 32.4. The van der Waals surface area contributed by atoms with Gasteiger partial charge in [-0.05, 0) is 218 Å². The summed E-state index contributed by atoms with van der Waals surface area (Å²) in [4.78, 5) is 33.0. The SMILES string of the molecule is CC[C@H]1OC(=O)[C@H](C)[C@@H](O[C@H]2C[C@@](C)(OC)[C@@H](O)[C@H](C)O2)[C@H](C)[C@@H](O[C@@H]2O[C@H](C)C[C@H](N(C)C)[C@H]2O)[C@](C)(O)C[C@@H](C)CN(C(=O)CCCCCCCCCCC[P+](c2cc(C)cc(C)c2)(c2cc(C)cc(C)c2)c2cc(C)cc(C)c2)[C@H](C)[C@@H](O)[C@]1(C)O. The van der Waals surface area contributed by atoms with E-state index in [0.717, 1.165) is 57.5 Å². The summed E-state index contributed by atoms with van der Waals surface area (Å²) in [6.07, 6.45) is 1.10. The average Bonchev–Trinajstić information content (AvgIpc) is 1.12. The lowest BCUT2D eigenvalue weighted by atomic mass is 9.77. The van der Waals surface area contributed by atoms with Gasteiger partial charge in [0, 0.05) is 38.5 Å². The number of rotatable bonds is 22. The molecule has 89 heavy (non-hydrogen) atoms. The number of aliphatic hydroxyl groups excluding tert-OH is 3. The Morgan fingerprint density at radius 1 is 0.685 bits per heavy atom. The van der Waals surface area contributed by atoms with E-state index in [4.69, 9.17) is 28.4 Å². The van der Waals surface area contributed by atoms with E-state index in [1.54, 1.807) is 46.4 Å². The minimum atomic E-state index is -2.01. The predicted octanol–water partition coefficient (Wildman–Crippen LogP) is 10.5. The van der Waals surface area contributed by atoms with E-state index >= 15 is 0 Å². The Kier molecular flexibility index (Phi) is 27.0. The third kappa shape index (κ3) is 18.5. The average molecular weight is 1260 g/mol. The molecule has 18 atom stereocenters. The number of nitrogens with zero attached hydrogens (tertiary/aromatic N) is 2. The molecule has 3 aromatic carbocycles. The molecule has 3 heterocycles. The number of methoxy groups -OCH3 is 1. The molecule has 3 aliphatic heterocycles. The number of carbonyl (C=O) groups excluding carboxylic acids is 2. The molecule has 16 heteroatoms. The first-order valence-corrected chi connectivity index (χ1v) is 35.6. The number of likely N-dealkylation sites (N-methyl/N-ethyl adjacent to an activating group) is 1. The molecule has 3 saturated heterocycles. The molecule has 0 saturated carbocycles. The van der Waals surface area contributed by atoms with Crippen molar-refractivity contribution >= 4 is 35.1 Å². The molecule has 0 bridgehead atoms. The highest BCUT2D eigenvalue weighted by Crippen LogP contribution is 2.57. The molecular weight excluding hydrogens is 1140 g/mol. The molecule has 0 radical (unpaired) electrons. The number of hydrogen-bond acceptors (Lipinski definition) is 14. The van der Waals surface area contributed by atoms with Gasteiger partial charge in [-0.15, -0.1) is 0 Å². The number of aliphatic hydroxyl groups is 5. The highest BCUT2D eigenvalue weighted by Gasteiger charge is 2.54. The lowest BCUT2D eigenvalue weighted by Gasteiger charge is -2.48. The Morgan fingerprint density at radius 3 is 1.64 bits per heavy atom. The van der Waals surface area contributed by atoms with E-state index < -0.39 is 109 Å². The van der Waals surface area contributed by atoms with E-state index in [2.05, 4.69) is 96.1 Å².